The number of nitrogens with zero attached hydrogens (tertiary/aromatic N) is 2. The van der Waals surface area contributed by atoms with Crippen LogP contribution in [0.25, 0.3) is 0 Å². The Labute approximate surface area is 190 Å². The quantitative estimate of drug-likeness (QED) is 0.710. The lowest BCUT2D eigenvalue weighted by molar-refractivity contribution is 0.0908. The predicted molar refractivity (Wildman–Crippen MR) is 124 cm³/mol. The Kier molecular flexibility index (Phi) is 7.42. The van der Waals surface area contributed by atoms with E-state index in [1.54, 1.807) is 13.0 Å². The number of hydrogen-bond acceptors (Lipinski definition) is 4. The van der Waals surface area contributed by atoms with Crippen LogP contribution in [0.5, 0.6) is 0 Å². The molecular weight excluding hydrogens is 434 g/mol. The minimum Gasteiger partial charge on any atom is -0.349 e. The summed E-state index contributed by atoms with van der Waals surface area (Å²) in [6.07, 6.45) is 1.71. The topological polar surface area (TPSA) is 69.7 Å². The van der Waals surface area contributed by atoms with Crippen LogP contribution in [0.2, 0.25) is 5.02 Å². The number of amides is 1. The van der Waals surface area contributed by atoms with Crippen LogP contribution in [0.1, 0.15) is 39.9 Å². The van der Waals surface area contributed by atoms with Gasteiger partial charge in [-0.3, -0.25) is 9.69 Å². The minimum absolute atomic E-state index is 0.0736. The molecule has 1 heterocycles. The average Bonchev–Trinajstić information content (AvgIpc) is 2.72. The van der Waals surface area contributed by atoms with Crippen molar-refractivity contribution >= 4 is 27.5 Å². The van der Waals surface area contributed by atoms with Crippen LogP contribution in [-0.2, 0) is 16.6 Å². The summed E-state index contributed by atoms with van der Waals surface area (Å²) in [5.41, 5.74) is 3.05. The van der Waals surface area contributed by atoms with Gasteiger partial charge in [-0.2, -0.15) is 0 Å². The number of piperidine rings is 1. The summed E-state index contributed by atoms with van der Waals surface area (Å²) in [6, 6.07) is 11.2. The van der Waals surface area contributed by atoms with Crippen molar-refractivity contribution in [2.45, 2.75) is 44.2 Å². The molecular formula is C23H30ClN3O3S. The number of likely N-dealkylation sites (tertiary alicyclic amines) is 1. The molecule has 6 nitrogen and oxygen atoms in total. The number of hydrogen-bond donors (Lipinski definition) is 1. The second-order valence-corrected chi connectivity index (χ2v) is 10.9. The van der Waals surface area contributed by atoms with Gasteiger partial charge in [-0.1, -0.05) is 23.7 Å². The monoisotopic (exact) mass is 463 g/mol. The minimum atomic E-state index is -3.62. The molecule has 0 saturated carbocycles. The lowest BCUT2D eigenvalue weighted by Crippen LogP contribution is -2.44. The molecule has 0 aromatic heterocycles. The van der Waals surface area contributed by atoms with E-state index in [1.165, 1.54) is 30.0 Å². The number of benzene rings is 2. The van der Waals surface area contributed by atoms with Gasteiger partial charge in [0, 0.05) is 50.4 Å². The normalized spacial score (nSPS) is 15.9. The Bertz CT molecular complexity index is 1040. The number of nitrogens with one attached hydrogen (secondary N) is 1. The number of halogens is 1. The van der Waals surface area contributed by atoms with Crippen molar-refractivity contribution < 1.29 is 13.2 Å². The smallest absolute Gasteiger partial charge is 0.251 e. The third-order valence-electron chi connectivity index (χ3n) is 5.88. The molecule has 1 aliphatic rings. The Morgan fingerprint density at radius 2 is 1.74 bits per heavy atom. The molecule has 2 aromatic carbocycles. The molecule has 2 aromatic rings. The highest BCUT2D eigenvalue weighted by molar-refractivity contribution is 7.89. The fraction of sp³-hybridized carbons (Fsp3) is 0.435. The summed E-state index contributed by atoms with van der Waals surface area (Å²) in [5.74, 6) is -0.227. The van der Waals surface area contributed by atoms with Gasteiger partial charge in [-0.05, 0) is 67.6 Å². The maximum absolute atomic E-state index is 12.9. The summed E-state index contributed by atoms with van der Waals surface area (Å²) < 4.78 is 26.5. The molecule has 0 atom stereocenters. The second-order valence-electron chi connectivity index (χ2n) is 8.35. The lowest BCUT2D eigenvalue weighted by Gasteiger charge is -2.32. The maximum Gasteiger partial charge on any atom is 0.251 e. The Morgan fingerprint density at radius 3 is 2.32 bits per heavy atom. The summed E-state index contributed by atoms with van der Waals surface area (Å²) >= 11 is 5.95. The molecule has 1 aliphatic heterocycles. The third-order valence-corrected chi connectivity index (χ3v) is 8.08. The van der Waals surface area contributed by atoms with Crippen LogP contribution in [0.4, 0.5) is 0 Å². The Balaban J connectivity index is 1.63. The number of carbonyl (C=O) groups excluding carboxylic acids is 1. The molecule has 168 valence electrons. The third kappa shape index (κ3) is 5.66. The fourth-order valence-electron chi connectivity index (χ4n) is 3.77. The molecule has 0 aliphatic carbocycles. The molecule has 0 bridgehead atoms. The van der Waals surface area contributed by atoms with Gasteiger partial charge in [0.05, 0.1) is 4.90 Å². The van der Waals surface area contributed by atoms with Gasteiger partial charge in [-0.15, -0.1) is 0 Å². The molecule has 3 rings (SSSR count). The summed E-state index contributed by atoms with van der Waals surface area (Å²) in [7, 11) is -0.631. The van der Waals surface area contributed by atoms with Crippen molar-refractivity contribution in [3.8, 4) is 0 Å². The molecule has 8 heteroatoms. The highest BCUT2D eigenvalue weighted by Crippen LogP contribution is 2.24. The van der Waals surface area contributed by atoms with Crippen molar-refractivity contribution in [2.75, 3.05) is 27.2 Å². The number of rotatable bonds is 6. The van der Waals surface area contributed by atoms with E-state index in [9.17, 15) is 13.2 Å². The van der Waals surface area contributed by atoms with Crippen LogP contribution < -0.4 is 5.32 Å². The standard InChI is InChI=1S/C23H30ClN3O3S/c1-16-13-19(14-22(17(16)2)31(29,30)26(3)4)23(28)25-21-9-11-27(12-10-21)15-18-5-7-20(24)8-6-18/h5-8,13-14,21H,9-12,15H2,1-4H3,(H,25,28). The van der Waals surface area contributed by atoms with Crippen LogP contribution >= 0.6 is 11.6 Å². The van der Waals surface area contributed by atoms with Gasteiger partial charge in [0.1, 0.15) is 0 Å². The van der Waals surface area contributed by atoms with Gasteiger partial charge in [-0.25, -0.2) is 12.7 Å². The highest BCUT2D eigenvalue weighted by Gasteiger charge is 2.25. The zero-order chi connectivity index (χ0) is 22.8. The van der Waals surface area contributed by atoms with Crippen molar-refractivity contribution in [3.05, 3.63) is 63.7 Å². The van der Waals surface area contributed by atoms with Gasteiger partial charge in [0.25, 0.3) is 5.91 Å². The predicted octanol–water partition coefficient (Wildman–Crippen LogP) is 3.60. The van der Waals surface area contributed by atoms with E-state index in [0.29, 0.717) is 11.1 Å². The van der Waals surface area contributed by atoms with Crippen molar-refractivity contribution in [3.63, 3.8) is 0 Å². The van der Waals surface area contributed by atoms with Gasteiger partial charge < -0.3 is 5.32 Å². The van der Waals surface area contributed by atoms with Crippen LogP contribution in [0, 0.1) is 13.8 Å². The molecule has 0 spiro atoms. The average molecular weight is 464 g/mol. The summed E-state index contributed by atoms with van der Waals surface area (Å²) in [5, 5.41) is 3.82. The van der Waals surface area contributed by atoms with E-state index in [1.807, 2.05) is 31.2 Å². The largest absolute Gasteiger partial charge is 0.349 e. The van der Waals surface area contributed by atoms with E-state index in [0.717, 1.165) is 43.1 Å². The van der Waals surface area contributed by atoms with Crippen molar-refractivity contribution in [1.29, 1.82) is 0 Å². The Morgan fingerprint density at radius 1 is 1.13 bits per heavy atom. The molecule has 31 heavy (non-hydrogen) atoms. The molecule has 1 amide bonds. The number of carbonyl (C=O) groups is 1. The molecule has 1 N–H and O–H groups in total. The second kappa shape index (κ2) is 9.69. The first-order valence-corrected chi connectivity index (χ1v) is 12.2. The molecule has 0 unspecified atom stereocenters. The zero-order valence-corrected chi connectivity index (χ0v) is 20.1. The first kappa shape index (κ1) is 23.7. The zero-order valence-electron chi connectivity index (χ0n) is 18.5. The van der Waals surface area contributed by atoms with Crippen LogP contribution in [0.3, 0.4) is 0 Å². The van der Waals surface area contributed by atoms with Crippen LogP contribution in [0.15, 0.2) is 41.3 Å². The van der Waals surface area contributed by atoms with Crippen molar-refractivity contribution in [2.24, 2.45) is 0 Å². The number of sulfonamides is 1. The first-order chi connectivity index (χ1) is 14.6. The SMILES string of the molecule is Cc1cc(C(=O)NC2CCN(Cc3ccc(Cl)cc3)CC2)cc(S(=O)(=O)N(C)C)c1C. The summed E-state index contributed by atoms with van der Waals surface area (Å²) in [4.78, 5) is 15.4. The Hall–Kier alpha value is -1.93. The van der Waals surface area contributed by atoms with E-state index in [2.05, 4.69) is 10.2 Å². The highest BCUT2D eigenvalue weighted by atomic mass is 35.5. The maximum atomic E-state index is 12.9. The van der Waals surface area contributed by atoms with E-state index < -0.39 is 10.0 Å². The van der Waals surface area contributed by atoms with Gasteiger partial charge in [0.15, 0.2) is 0 Å². The number of aryl methyl sites for hydroxylation is 1. The van der Waals surface area contributed by atoms with E-state index in [-0.39, 0.29) is 16.8 Å². The van der Waals surface area contributed by atoms with E-state index in [4.69, 9.17) is 11.6 Å². The first-order valence-electron chi connectivity index (χ1n) is 10.4. The van der Waals surface area contributed by atoms with Gasteiger partial charge in [0.2, 0.25) is 10.0 Å². The summed E-state index contributed by atoms with van der Waals surface area (Å²) in [6.45, 7) is 6.24. The molecule has 1 saturated heterocycles. The fourth-order valence-corrected chi connectivity index (χ4v) is 5.12. The van der Waals surface area contributed by atoms with Crippen molar-refractivity contribution in [1.82, 2.24) is 14.5 Å². The lowest BCUT2D eigenvalue weighted by atomic mass is 10.0. The molecule has 1 fully saturated rings. The molecule has 0 radical (unpaired) electrons. The van der Waals surface area contributed by atoms with E-state index >= 15 is 0 Å². The van der Waals surface area contributed by atoms with Gasteiger partial charge >= 0.3 is 0 Å². The van der Waals surface area contributed by atoms with Crippen LogP contribution in [-0.4, -0.2) is 56.8 Å².